The molecule has 1 aliphatic heterocycles. The number of fused-ring (bicyclic) bond motifs is 1. The first-order chi connectivity index (χ1) is 8.15. The van der Waals surface area contributed by atoms with E-state index in [1.54, 1.807) is 0 Å². The Kier molecular flexibility index (Phi) is 2.89. The van der Waals surface area contributed by atoms with Gasteiger partial charge in [0.2, 0.25) is 5.91 Å². The molecule has 1 saturated heterocycles. The van der Waals surface area contributed by atoms with E-state index in [9.17, 15) is 4.79 Å². The molecule has 3 rings (SSSR count). The number of carbonyl (C=O) groups excluding carboxylic acids is 1. The summed E-state index contributed by atoms with van der Waals surface area (Å²) in [4.78, 5) is 14.5. The standard InChI is InChI=1S/C14H24N2O/c1-9(15)10-3-2-4-16(8-10)14(17)13-6-11-5-12(11)7-13/h9-13H,2-8,15H2,1H3. The molecule has 3 fully saturated rings. The van der Waals surface area contributed by atoms with Crippen LogP contribution in [-0.4, -0.2) is 29.9 Å². The van der Waals surface area contributed by atoms with Crippen molar-refractivity contribution in [2.75, 3.05) is 13.1 Å². The quantitative estimate of drug-likeness (QED) is 0.792. The molecule has 1 heterocycles. The zero-order chi connectivity index (χ0) is 12.0. The molecule has 0 aromatic carbocycles. The van der Waals surface area contributed by atoms with Crippen molar-refractivity contribution in [3.63, 3.8) is 0 Å². The normalized spacial score (nSPS) is 42.1. The van der Waals surface area contributed by atoms with Crippen molar-refractivity contribution in [3.05, 3.63) is 0 Å². The Morgan fingerprint density at radius 1 is 1.29 bits per heavy atom. The van der Waals surface area contributed by atoms with Crippen LogP contribution in [0.5, 0.6) is 0 Å². The summed E-state index contributed by atoms with van der Waals surface area (Å²) < 4.78 is 0. The molecule has 0 radical (unpaired) electrons. The number of hydrogen-bond donors (Lipinski definition) is 1. The van der Waals surface area contributed by atoms with Crippen LogP contribution in [0.15, 0.2) is 0 Å². The van der Waals surface area contributed by atoms with E-state index < -0.39 is 0 Å². The highest BCUT2D eigenvalue weighted by Gasteiger charge is 2.49. The molecule has 0 bridgehead atoms. The van der Waals surface area contributed by atoms with Crippen LogP contribution in [0, 0.1) is 23.7 Å². The van der Waals surface area contributed by atoms with Gasteiger partial charge in [-0.3, -0.25) is 4.79 Å². The average molecular weight is 236 g/mol. The van der Waals surface area contributed by atoms with Gasteiger partial charge in [-0.25, -0.2) is 0 Å². The van der Waals surface area contributed by atoms with Crippen molar-refractivity contribution in [2.24, 2.45) is 29.4 Å². The maximum Gasteiger partial charge on any atom is 0.225 e. The summed E-state index contributed by atoms with van der Waals surface area (Å²) in [6, 6.07) is 0.225. The molecular formula is C14H24N2O. The highest BCUT2D eigenvalue weighted by Crippen LogP contribution is 2.54. The van der Waals surface area contributed by atoms with E-state index in [-0.39, 0.29) is 6.04 Å². The van der Waals surface area contributed by atoms with E-state index in [1.807, 2.05) is 0 Å². The van der Waals surface area contributed by atoms with Crippen LogP contribution < -0.4 is 5.73 Å². The molecule has 4 atom stereocenters. The molecule has 0 aromatic heterocycles. The van der Waals surface area contributed by atoms with Crippen molar-refractivity contribution in [2.45, 2.75) is 45.1 Å². The molecule has 17 heavy (non-hydrogen) atoms. The predicted octanol–water partition coefficient (Wildman–Crippen LogP) is 1.62. The van der Waals surface area contributed by atoms with Crippen molar-refractivity contribution in [3.8, 4) is 0 Å². The lowest BCUT2D eigenvalue weighted by molar-refractivity contribution is -0.137. The van der Waals surface area contributed by atoms with Crippen molar-refractivity contribution < 1.29 is 4.79 Å². The lowest BCUT2D eigenvalue weighted by Gasteiger charge is -2.36. The first-order valence-electron chi connectivity index (χ1n) is 7.19. The molecule has 1 amide bonds. The highest BCUT2D eigenvalue weighted by molar-refractivity contribution is 5.79. The number of likely N-dealkylation sites (tertiary alicyclic amines) is 1. The number of rotatable bonds is 2. The van der Waals surface area contributed by atoms with Gasteiger partial charge < -0.3 is 10.6 Å². The summed E-state index contributed by atoms with van der Waals surface area (Å²) in [5, 5.41) is 0. The van der Waals surface area contributed by atoms with Crippen LogP contribution in [-0.2, 0) is 4.79 Å². The second-order valence-corrected chi connectivity index (χ2v) is 6.47. The zero-order valence-electron chi connectivity index (χ0n) is 10.8. The third-order valence-corrected chi connectivity index (χ3v) is 5.11. The Balaban J connectivity index is 1.57. The van der Waals surface area contributed by atoms with Crippen molar-refractivity contribution in [1.82, 2.24) is 4.90 Å². The van der Waals surface area contributed by atoms with Crippen LogP contribution in [0.1, 0.15) is 39.0 Å². The second kappa shape index (κ2) is 4.27. The summed E-state index contributed by atoms with van der Waals surface area (Å²) in [7, 11) is 0. The van der Waals surface area contributed by atoms with Gasteiger partial charge in [-0.05, 0) is 56.8 Å². The molecule has 0 spiro atoms. The van der Waals surface area contributed by atoms with E-state index in [0.717, 1.165) is 31.3 Å². The van der Waals surface area contributed by atoms with Crippen LogP contribution >= 0.6 is 0 Å². The Morgan fingerprint density at radius 3 is 2.65 bits per heavy atom. The molecule has 4 unspecified atom stereocenters. The highest BCUT2D eigenvalue weighted by atomic mass is 16.2. The molecule has 2 aliphatic carbocycles. The maximum absolute atomic E-state index is 12.4. The summed E-state index contributed by atoms with van der Waals surface area (Å²) in [5.74, 6) is 3.10. The minimum atomic E-state index is 0.225. The molecule has 0 aromatic rings. The summed E-state index contributed by atoms with van der Waals surface area (Å²) >= 11 is 0. The zero-order valence-corrected chi connectivity index (χ0v) is 10.8. The van der Waals surface area contributed by atoms with Crippen molar-refractivity contribution in [1.29, 1.82) is 0 Å². The smallest absolute Gasteiger partial charge is 0.225 e. The van der Waals surface area contributed by atoms with Crippen molar-refractivity contribution >= 4 is 5.91 Å². The fourth-order valence-corrected chi connectivity index (χ4v) is 3.81. The van der Waals surface area contributed by atoms with Gasteiger partial charge in [-0.1, -0.05) is 0 Å². The third-order valence-electron chi connectivity index (χ3n) is 5.11. The van der Waals surface area contributed by atoms with E-state index in [1.165, 1.54) is 25.7 Å². The minimum Gasteiger partial charge on any atom is -0.342 e. The largest absolute Gasteiger partial charge is 0.342 e. The Morgan fingerprint density at radius 2 is 2.00 bits per heavy atom. The first kappa shape index (κ1) is 11.5. The van der Waals surface area contributed by atoms with Crippen LogP contribution in [0.4, 0.5) is 0 Å². The summed E-state index contributed by atoms with van der Waals surface area (Å²) in [6.07, 6.45) is 6.06. The molecule has 3 nitrogen and oxygen atoms in total. The molecule has 3 aliphatic rings. The molecule has 96 valence electrons. The average Bonchev–Trinajstić information content (AvgIpc) is 2.95. The molecule has 2 N–H and O–H groups in total. The topological polar surface area (TPSA) is 46.3 Å². The Bertz CT molecular complexity index is 305. The first-order valence-corrected chi connectivity index (χ1v) is 7.19. The Hall–Kier alpha value is -0.570. The number of nitrogens with zero attached hydrogens (tertiary/aromatic N) is 1. The number of carbonyl (C=O) groups is 1. The van der Waals surface area contributed by atoms with Gasteiger partial charge in [0.05, 0.1) is 0 Å². The van der Waals surface area contributed by atoms with E-state index in [0.29, 0.717) is 17.7 Å². The number of amides is 1. The van der Waals surface area contributed by atoms with Gasteiger partial charge in [0.15, 0.2) is 0 Å². The van der Waals surface area contributed by atoms with Crippen LogP contribution in [0.25, 0.3) is 0 Å². The minimum absolute atomic E-state index is 0.225. The van der Waals surface area contributed by atoms with Gasteiger partial charge in [-0.15, -0.1) is 0 Å². The number of nitrogens with two attached hydrogens (primary N) is 1. The second-order valence-electron chi connectivity index (χ2n) is 6.47. The van der Waals surface area contributed by atoms with Crippen LogP contribution in [0.3, 0.4) is 0 Å². The lowest BCUT2D eigenvalue weighted by atomic mass is 9.91. The monoisotopic (exact) mass is 236 g/mol. The van der Waals surface area contributed by atoms with Gasteiger partial charge in [0, 0.05) is 25.0 Å². The molecular weight excluding hydrogens is 212 g/mol. The van der Waals surface area contributed by atoms with E-state index >= 15 is 0 Å². The summed E-state index contributed by atoms with van der Waals surface area (Å²) in [6.45, 7) is 3.94. The van der Waals surface area contributed by atoms with Gasteiger partial charge in [0.25, 0.3) is 0 Å². The third kappa shape index (κ3) is 2.22. The molecule has 3 heteroatoms. The fourth-order valence-electron chi connectivity index (χ4n) is 3.81. The maximum atomic E-state index is 12.4. The van der Waals surface area contributed by atoms with E-state index in [2.05, 4.69) is 11.8 Å². The predicted molar refractivity (Wildman–Crippen MR) is 67.3 cm³/mol. The van der Waals surface area contributed by atoms with E-state index in [4.69, 9.17) is 5.73 Å². The van der Waals surface area contributed by atoms with Gasteiger partial charge in [-0.2, -0.15) is 0 Å². The summed E-state index contributed by atoms with van der Waals surface area (Å²) in [5.41, 5.74) is 5.97. The van der Waals surface area contributed by atoms with Gasteiger partial charge >= 0.3 is 0 Å². The number of piperidine rings is 1. The number of hydrogen-bond acceptors (Lipinski definition) is 2. The molecule has 2 saturated carbocycles. The fraction of sp³-hybridized carbons (Fsp3) is 0.929. The lowest BCUT2D eigenvalue weighted by Crippen LogP contribution is -2.46. The van der Waals surface area contributed by atoms with Crippen LogP contribution in [0.2, 0.25) is 0 Å². The SMILES string of the molecule is CC(N)C1CCCN(C(=O)C2CC3CC3C2)C1. The Labute approximate surface area is 104 Å². The van der Waals surface area contributed by atoms with Gasteiger partial charge in [0.1, 0.15) is 0 Å².